The highest BCUT2D eigenvalue weighted by atomic mass is 35.5. The Hall–Kier alpha value is -1.91. The van der Waals surface area contributed by atoms with Gasteiger partial charge in [0, 0.05) is 11.6 Å². The first-order valence-corrected chi connectivity index (χ1v) is 8.54. The molecule has 0 radical (unpaired) electrons. The Kier molecular flexibility index (Phi) is 5.48. The lowest BCUT2D eigenvalue weighted by Crippen LogP contribution is -2.42. The molecule has 2 unspecified atom stereocenters. The summed E-state index contributed by atoms with van der Waals surface area (Å²) < 4.78 is 13.3. The van der Waals surface area contributed by atoms with E-state index < -0.39 is 6.04 Å². The molecule has 0 aliphatic carbocycles. The summed E-state index contributed by atoms with van der Waals surface area (Å²) in [5, 5.41) is 6.92. The van der Waals surface area contributed by atoms with Crippen molar-refractivity contribution >= 4 is 17.5 Å². The Bertz CT molecular complexity index is 699. The summed E-state index contributed by atoms with van der Waals surface area (Å²) >= 11 is 6.33. The Balaban J connectivity index is 1.88. The minimum atomic E-state index is -0.395. The summed E-state index contributed by atoms with van der Waals surface area (Å²) in [6.07, 6.45) is 1.86. The number of halogens is 2. The molecule has 0 spiro atoms. The fourth-order valence-electron chi connectivity index (χ4n) is 3.04. The summed E-state index contributed by atoms with van der Waals surface area (Å²) in [7, 11) is 0. The number of piperidine rings is 1. The van der Waals surface area contributed by atoms with Crippen molar-refractivity contribution in [3.05, 3.63) is 70.5 Å². The lowest BCUT2D eigenvalue weighted by molar-refractivity contribution is -0.126. The average Bonchev–Trinajstić information content (AvgIpc) is 2.62. The van der Waals surface area contributed by atoms with E-state index in [9.17, 15) is 9.18 Å². The van der Waals surface area contributed by atoms with Gasteiger partial charge in [0.1, 0.15) is 5.82 Å². The first kappa shape index (κ1) is 16.9. The topological polar surface area (TPSA) is 41.1 Å². The Morgan fingerprint density at radius 2 is 1.96 bits per heavy atom. The van der Waals surface area contributed by atoms with Crippen LogP contribution in [0.3, 0.4) is 0 Å². The van der Waals surface area contributed by atoms with Gasteiger partial charge in [-0.25, -0.2) is 4.39 Å². The minimum Gasteiger partial charge on any atom is -0.345 e. The quantitative estimate of drug-likeness (QED) is 0.886. The Labute approximate surface area is 146 Å². The highest BCUT2D eigenvalue weighted by molar-refractivity contribution is 6.31. The van der Waals surface area contributed by atoms with E-state index in [-0.39, 0.29) is 17.6 Å². The molecule has 24 heavy (non-hydrogen) atoms. The van der Waals surface area contributed by atoms with Crippen molar-refractivity contribution in [2.45, 2.75) is 18.9 Å². The van der Waals surface area contributed by atoms with Crippen LogP contribution < -0.4 is 10.6 Å². The molecule has 3 nitrogen and oxygen atoms in total. The van der Waals surface area contributed by atoms with Gasteiger partial charge in [0.25, 0.3) is 0 Å². The van der Waals surface area contributed by atoms with Crippen molar-refractivity contribution < 1.29 is 9.18 Å². The number of amides is 1. The molecule has 1 heterocycles. The van der Waals surface area contributed by atoms with Gasteiger partial charge in [-0.3, -0.25) is 4.79 Å². The Morgan fingerprint density at radius 3 is 2.62 bits per heavy atom. The fourth-order valence-corrected chi connectivity index (χ4v) is 3.29. The van der Waals surface area contributed by atoms with Crippen LogP contribution in [0.5, 0.6) is 0 Å². The molecule has 0 bridgehead atoms. The molecule has 5 heteroatoms. The largest absolute Gasteiger partial charge is 0.345 e. The van der Waals surface area contributed by atoms with Gasteiger partial charge >= 0.3 is 0 Å². The van der Waals surface area contributed by atoms with Crippen molar-refractivity contribution in [3.63, 3.8) is 0 Å². The lowest BCUT2D eigenvalue weighted by atomic mass is 9.95. The van der Waals surface area contributed by atoms with Gasteiger partial charge in [-0.15, -0.1) is 0 Å². The van der Waals surface area contributed by atoms with Gasteiger partial charge in [-0.05, 0) is 48.7 Å². The van der Waals surface area contributed by atoms with Gasteiger partial charge in [-0.1, -0.05) is 41.9 Å². The van der Waals surface area contributed by atoms with Crippen LogP contribution in [0.15, 0.2) is 48.5 Å². The van der Waals surface area contributed by atoms with Gasteiger partial charge in [0.05, 0.1) is 12.0 Å². The van der Waals surface area contributed by atoms with Crippen LogP contribution in [-0.4, -0.2) is 19.0 Å². The zero-order valence-electron chi connectivity index (χ0n) is 13.3. The van der Waals surface area contributed by atoms with Crippen LogP contribution in [0.25, 0.3) is 0 Å². The highest BCUT2D eigenvalue weighted by Gasteiger charge is 2.25. The second kappa shape index (κ2) is 7.77. The number of rotatable bonds is 4. The smallest absolute Gasteiger partial charge is 0.225 e. The van der Waals surface area contributed by atoms with Gasteiger partial charge in [0.2, 0.25) is 5.91 Å². The van der Waals surface area contributed by atoms with Crippen molar-refractivity contribution in [1.82, 2.24) is 10.6 Å². The molecule has 1 amide bonds. The molecule has 2 atom stereocenters. The maximum Gasteiger partial charge on any atom is 0.225 e. The zero-order chi connectivity index (χ0) is 16.9. The summed E-state index contributed by atoms with van der Waals surface area (Å²) in [6, 6.07) is 13.2. The van der Waals surface area contributed by atoms with Gasteiger partial charge in [0.15, 0.2) is 0 Å². The first-order valence-electron chi connectivity index (χ1n) is 8.16. The second-order valence-electron chi connectivity index (χ2n) is 6.06. The summed E-state index contributed by atoms with van der Waals surface area (Å²) in [5.41, 5.74) is 1.62. The standard InChI is InChI=1S/C19H20ClFN2O/c20-17-6-2-1-5-16(17)18(13-7-9-15(21)10-8-13)23-19(24)14-4-3-11-22-12-14/h1-2,5-10,14,18,22H,3-4,11-12H2,(H,23,24). The highest BCUT2D eigenvalue weighted by Crippen LogP contribution is 2.29. The molecule has 0 aromatic heterocycles. The minimum absolute atomic E-state index is 0.00329. The molecule has 1 fully saturated rings. The molecule has 1 aliphatic rings. The van der Waals surface area contributed by atoms with Gasteiger partial charge in [-0.2, -0.15) is 0 Å². The van der Waals surface area contributed by atoms with E-state index in [0.717, 1.165) is 30.5 Å². The normalized spacial score (nSPS) is 18.8. The molecular weight excluding hydrogens is 327 g/mol. The predicted molar refractivity (Wildman–Crippen MR) is 93.4 cm³/mol. The van der Waals surface area contributed by atoms with Crippen LogP contribution in [0, 0.1) is 11.7 Å². The van der Waals surface area contributed by atoms with Crippen LogP contribution in [-0.2, 0) is 4.79 Å². The third-order valence-electron chi connectivity index (χ3n) is 4.37. The molecule has 3 rings (SSSR count). The van der Waals surface area contributed by atoms with E-state index in [1.165, 1.54) is 12.1 Å². The van der Waals surface area contributed by atoms with E-state index in [0.29, 0.717) is 11.6 Å². The number of carbonyl (C=O) groups is 1. The van der Waals surface area contributed by atoms with E-state index in [1.807, 2.05) is 18.2 Å². The number of benzene rings is 2. The molecule has 1 saturated heterocycles. The van der Waals surface area contributed by atoms with Crippen LogP contribution in [0.2, 0.25) is 5.02 Å². The monoisotopic (exact) mass is 346 g/mol. The summed E-state index contributed by atoms with van der Waals surface area (Å²) in [4.78, 5) is 12.7. The maximum atomic E-state index is 13.3. The predicted octanol–water partition coefficient (Wildman–Crippen LogP) is 3.68. The van der Waals surface area contributed by atoms with Crippen LogP contribution >= 0.6 is 11.6 Å². The van der Waals surface area contributed by atoms with Crippen LogP contribution in [0.1, 0.15) is 30.0 Å². The number of carbonyl (C=O) groups excluding carboxylic acids is 1. The third kappa shape index (κ3) is 3.94. The van der Waals surface area contributed by atoms with Crippen molar-refractivity contribution in [3.8, 4) is 0 Å². The van der Waals surface area contributed by atoms with Crippen molar-refractivity contribution in [2.75, 3.05) is 13.1 Å². The molecule has 126 valence electrons. The number of nitrogens with one attached hydrogen (secondary N) is 2. The fraction of sp³-hybridized carbons (Fsp3) is 0.316. The van der Waals surface area contributed by atoms with Gasteiger partial charge < -0.3 is 10.6 Å². The molecule has 1 aliphatic heterocycles. The summed E-state index contributed by atoms with van der Waals surface area (Å²) in [5.74, 6) is -0.361. The average molecular weight is 347 g/mol. The van der Waals surface area contributed by atoms with E-state index in [2.05, 4.69) is 10.6 Å². The third-order valence-corrected chi connectivity index (χ3v) is 4.72. The van der Waals surface area contributed by atoms with Crippen molar-refractivity contribution in [2.24, 2.45) is 5.92 Å². The van der Waals surface area contributed by atoms with E-state index >= 15 is 0 Å². The molecule has 0 saturated carbocycles. The lowest BCUT2D eigenvalue weighted by Gasteiger charge is -2.26. The number of hydrogen-bond donors (Lipinski definition) is 2. The molecule has 2 aromatic rings. The van der Waals surface area contributed by atoms with Crippen molar-refractivity contribution in [1.29, 1.82) is 0 Å². The molecule has 2 N–H and O–H groups in total. The number of hydrogen-bond acceptors (Lipinski definition) is 2. The first-order chi connectivity index (χ1) is 11.6. The summed E-state index contributed by atoms with van der Waals surface area (Å²) in [6.45, 7) is 1.64. The maximum absolute atomic E-state index is 13.3. The molecule has 2 aromatic carbocycles. The molecular formula is C19H20ClFN2O. The van der Waals surface area contributed by atoms with E-state index in [4.69, 9.17) is 11.6 Å². The zero-order valence-corrected chi connectivity index (χ0v) is 14.0. The Morgan fingerprint density at radius 1 is 1.21 bits per heavy atom. The van der Waals surface area contributed by atoms with Crippen LogP contribution in [0.4, 0.5) is 4.39 Å². The van der Waals surface area contributed by atoms with E-state index in [1.54, 1.807) is 18.2 Å². The SMILES string of the molecule is O=C(NC(c1ccc(F)cc1)c1ccccc1Cl)C1CCCNC1. The second-order valence-corrected chi connectivity index (χ2v) is 6.47.